The molecule has 2 N–H and O–H groups in total. The minimum Gasteiger partial charge on any atom is -0.403 e. The second-order valence-corrected chi connectivity index (χ2v) is 6.41. The van der Waals surface area contributed by atoms with Crippen molar-refractivity contribution >= 4 is 23.4 Å². The first kappa shape index (κ1) is 17.9. The van der Waals surface area contributed by atoms with Crippen molar-refractivity contribution < 1.29 is 18.0 Å². The molecular weight excluding hydrogens is 368 g/mol. The largest absolute Gasteiger partial charge is 0.403 e. The number of hydrogen-bond acceptors (Lipinski definition) is 5. The lowest BCUT2D eigenvalue weighted by Gasteiger charge is -2.13. The van der Waals surface area contributed by atoms with Crippen LogP contribution in [0.4, 0.5) is 31.0 Å². The molecule has 28 heavy (non-hydrogen) atoms. The Balaban J connectivity index is 1.59. The van der Waals surface area contributed by atoms with E-state index >= 15 is 0 Å². The monoisotopic (exact) mass is 385 g/mol. The van der Waals surface area contributed by atoms with Crippen LogP contribution in [0.2, 0.25) is 0 Å². The van der Waals surface area contributed by atoms with E-state index in [0.29, 0.717) is 30.0 Å². The first-order valence-electron chi connectivity index (χ1n) is 8.65. The Hall–Kier alpha value is -3.49. The number of carbonyl (C=O) groups is 1. The van der Waals surface area contributed by atoms with Gasteiger partial charge in [-0.1, -0.05) is 29.4 Å². The minimum atomic E-state index is -2.89. The molecule has 0 radical (unpaired) electrons. The molecule has 3 aromatic rings. The van der Waals surface area contributed by atoms with E-state index in [0.717, 1.165) is 6.92 Å². The first-order valence-corrected chi connectivity index (χ1v) is 8.65. The van der Waals surface area contributed by atoms with Gasteiger partial charge in [-0.15, -0.1) is 5.10 Å². The summed E-state index contributed by atoms with van der Waals surface area (Å²) in [6, 6.07) is 13.0. The summed E-state index contributed by atoms with van der Waals surface area (Å²) in [5.74, 6) is -2.65. The zero-order valence-electron chi connectivity index (χ0n) is 14.9. The van der Waals surface area contributed by atoms with Gasteiger partial charge < -0.3 is 15.1 Å². The van der Waals surface area contributed by atoms with E-state index in [1.54, 1.807) is 18.2 Å². The van der Waals surface area contributed by atoms with E-state index in [-0.39, 0.29) is 23.5 Å². The maximum absolute atomic E-state index is 13.4. The summed E-state index contributed by atoms with van der Waals surface area (Å²) in [6.45, 7) is 1.83. The van der Waals surface area contributed by atoms with E-state index in [4.69, 9.17) is 4.42 Å². The summed E-state index contributed by atoms with van der Waals surface area (Å²) >= 11 is 0. The fraction of sp³-hybridized carbons (Fsp3) is 0.211. The van der Waals surface area contributed by atoms with Gasteiger partial charge in [0, 0.05) is 31.3 Å². The van der Waals surface area contributed by atoms with E-state index in [2.05, 4.69) is 20.8 Å². The highest BCUT2D eigenvalue weighted by Crippen LogP contribution is 2.32. The summed E-state index contributed by atoms with van der Waals surface area (Å²) in [5, 5.41) is 13.8. The van der Waals surface area contributed by atoms with Crippen molar-refractivity contribution in [3.05, 3.63) is 54.1 Å². The topological polar surface area (TPSA) is 83.3 Å². The number of nitrogens with zero attached hydrogens (tertiary/aromatic N) is 3. The molecule has 0 saturated carbocycles. The quantitative estimate of drug-likeness (QED) is 0.690. The van der Waals surface area contributed by atoms with Crippen LogP contribution < -0.4 is 15.5 Å². The molecule has 1 fully saturated rings. The first-order chi connectivity index (χ1) is 13.4. The lowest BCUT2D eigenvalue weighted by Crippen LogP contribution is -2.27. The summed E-state index contributed by atoms with van der Waals surface area (Å²) in [7, 11) is 0. The molecule has 9 heteroatoms. The minimum absolute atomic E-state index is 0.0585. The lowest BCUT2D eigenvalue weighted by molar-refractivity contribution is 0.0175. The average Bonchev–Trinajstić information content (AvgIpc) is 3.31. The highest BCUT2D eigenvalue weighted by atomic mass is 19.3. The molecule has 1 aliphatic rings. The predicted molar refractivity (Wildman–Crippen MR) is 99.8 cm³/mol. The molecule has 0 unspecified atom stereocenters. The van der Waals surface area contributed by atoms with Gasteiger partial charge in [0.2, 0.25) is 0 Å². The number of para-hydroxylation sites is 1. The van der Waals surface area contributed by atoms with Gasteiger partial charge in [-0.25, -0.2) is 18.5 Å². The van der Waals surface area contributed by atoms with Gasteiger partial charge in [0.05, 0.1) is 11.3 Å². The van der Waals surface area contributed by atoms with Gasteiger partial charge >= 0.3 is 12.0 Å². The van der Waals surface area contributed by atoms with Crippen LogP contribution in [0.1, 0.15) is 12.5 Å². The Bertz CT molecular complexity index is 998. The number of nitrogens with one attached hydrogen (secondary N) is 2. The van der Waals surface area contributed by atoms with Crippen molar-refractivity contribution in [1.82, 2.24) is 15.5 Å². The number of amides is 2. The molecule has 0 atom stereocenters. The zero-order valence-corrected chi connectivity index (χ0v) is 14.9. The number of hydrogen-bond donors (Lipinski definition) is 2. The molecule has 1 aromatic heterocycles. The van der Waals surface area contributed by atoms with Crippen molar-refractivity contribution in [2.45, 2.75) is 12.8 Å². The van der Waals surface area contributed by atoms with Crippen LogP contribution in [0.15, 0.2) is 52.9 Å². The Labute approximate surface area is 159 Å². The number of carbonyl (C=O) groups excluding carboxylic acids is 1. The van der Waals surface area contributed by atoms with Gasteiger partial charge in [0.25, 0.3) is 11.8 Å². The Morgan fingerprint density at radius 2 is 1.89 bits per heavy atom. The van der Waals surface area contributed by atoms with Crippen molar-refractivity contribution in [3.63, 3.8) is 0 Å². The Morgan fingerprint density at radius 1 is 1.14 bits per heavy atom. The molecule has 2 amide bonds. The van der Waals surface area contributed by atoms with Crippen LogP contribution in [0.3, 0.4) is 0 Å². The number of urea groups is 1. The van der Waals surface area contributed by atoms with Crippen molar-refractivity contribution in [2.24, 2.45) is 0 Å². The molecule has 0 aliphatic carbocycles. The summed E-state index contributed by atoms with van der Waals surface area (Å²) in [5.41, 5.74) is 1.88. The molecule has 1 saturated heterocycles. The zero-order chi connectivity index (χ0) is 19.7. The molecule has 0 spiro atoms. The third-order valence-electron chi connectivity index (χ3n) is 4.33. The summed E-state index contributed by atoms with van der Waals surface area (Å²) in [4.78, 5) is 13.1. The van der Waals surface area contributed by atoms with E-state index in [9.17, 15) is 13.6 Å². The summed E-state index contributed by atoms with van der Waals surface area (Å²) < 4.78 is 32.4. The normalized spacial score (nSPS) is 14.2. The molecule has 4 rings (SSSR count). The maximum Gasteiger partial charge on any atom is 0.326 e. The van der Waals surface area contributed by atoms with Crippen LogP contribution in [0.5, 0.6) is 0 Å². The second-order valence-electron chi connectivity index (χ2n) is 6.41. The van der Waals surface area contributed by atoms with Gasteiger partial charge in [-0.3, -0.25) is 0 Å². The fourth-order valence-corrected chi connectivity index (χ4v) is 2.87. The Kier molecular flexibility index (Phi) is 4.42. The van der Waals surface area contributed by atoms with Crippen LogP contribution in [-0.4, -0.2) is 29.3 Å². The number of rotatable bonds is 5. The van der Waals surface area contributed by atoms with E-state index in [1.165, 1.54) is 17.0 Å². The van der Waals surface area contributed by atoms with Gasteiger partial charge in [0.1, 0.15) is 0 Å². The van der Waals surface area contributed by atoms with Gasteiger partial charge in [0.15, 0.2) is 0 Å². The third kappa shape index (κ3) is 3.51. The van der Waals surface area contributed by atoms with Crippen LogP contribution in [0.25, 0.3) is 11.5 Å². The molecule has 2 heterocycles. The van der Waals surface area contributed by atoms with Crippen LogP contribution in [-0.2, 0) is 5.92 Å². The number of aromatic nitrogens is 2. The molecule has 1 aliphatic heterocycles. The van der Waals surface area contributed by atoms with Crippen molar-refractivity contribution in [3.8, 4) is 11.5 Å². The van der Waals surface area contributed by atoms with Gasteiger partial charge in [-0.2, -0.15) is 0 Å². The molecular formula is C19H17F2N5O2. The second kappa shape index (κ2) is 6.91. The molecule has 0 bridgehead atoms. The van der Waals surface area contributed by atoms with Crippen LogP contribution >= 0.6 is 0 Å². The molecule has 2 aromatic carbocycles. The van der Waals surface area contributed by atoms with Gasteiger partial charge in [-0.05, 0) is 24.3 Å². The average molecular weight is 385 g/mol. The lowest BCUT2D eigenvalue weighted by atomic mass is 10.1. The highest BCUT2D eigenvalue weighted by molar-refractivity contribution is 5.92. The number of benzene rings is 2. The number of halogens is 2. The van der Waals surface area contributed by atoms with E-state index in [1.807, 2.05) is 18.2 Å². The van der Waals surface area contributed by atoms with Crippen LogP contribution in [0, 0.1) is 0 Å². The molecule has 7 nitrogen and oxygen atoms in total. The van der Waals surface area contributed by atoms with Crippen molar-refractivity contribution in [2.75, 3.05) is 23.3 Å². The predicted octanol–water partition coefficient (Wildman–Crippen LogP) is 4.12. The van der Waals surface area contributed by atoms with Crippen molar-refractivity contribution in [1.29, 1.82) is 0 Å². The summed E-state index contributed by atoms with van der Waals surface area (Å²) in [6.07, 6.45) is 0. The number of anilines is 3. The smallest absolute Gasteiger partial charge is 0.326 e. The number of alkyl halides is 2. The van der Waals surface area contributed by atoms with E-state index < -0.39 is 5.92 Å². The SMILES string of the molecule is CC(F)(F)c1ccc(Nc2ccccc2-c2nnc(N3CCNC3=O)o2)cc1. The third-order valence-corrected chi connectivity index (χ3v) is 4.33. The fourth-order valence-electron chi connectivity index (χ4n) is 2.87. The molecule has 144 valence electrons. The highest BCUT2D eigenvalue weighted by Gasteiger charge is 2.27. The Morgan fingerprint density at radius 3 is 2.57 bits per heavy atom. The standard InChI is InChI=1S/C19H17F2N5O2/c1-19(20,21)12-6-8-13(9-7-12)23-15-5-3-2-4-14(15)16-24-25-18(28-16)26-11-10-22-17(26)27/h2-9,23H,10-11H2,1H3,(H,22,27). The maximum atomic E-state index is 13.4.